The second kappa shape index (κ2) is 64.5. The Hall–Kier alpha value is -11.6. The summed E-state index contributed by atoms with van der Waals surface area (Å²) in [6.45, 7) is 42.6. The second-order valence-electron chi connectivity index (χ2n) is 31.7. The Balaban J connectivity index is -0.000000514. The normalized spacial score (nSPS) is 11.8. The van der Waals surface area contributed by atoms with Crippen molar-refractivity contribution in [3.8, 4) is 0 Å². The number of carboxylic acids is 2. The van der Waals surface area contributed by atoms with Gasteiger partial charge < -0.3 is 87.6 Å². The highest BCUT2D eigenvalue weighted by molar-refractivity contribution is 5.90. The van der Waals surface area contributed by atoms with Crippen LogP contribution in [-0.4, -0.2) is 189 Å². The third-order valence-electron chi connectivity index (χ3n) is 14.7. The molecule has 3 aromatic rings. The van der Waals surface area contributed by atoms with Gasteiger partial charge in [0.15, 0.2) is 0 Å². The lowest BCUT2D eigenvalue weighted by Gasteiger charge is -2.32. The second-order valence-corrected chi connectivity index (χ2v) is 31.7. The molecule has 0 saturated carbocycles. The fourth-order valence-electron chi connectivity index (χ4n) is 9.50. The SMILES string of the molecule is CC.CC.CC(C)(C)OC(=O)CCC(NC(=O)NC(CCCCNC(=O)Nc1ccccc1)C(=O)OC(C)(C)C)C(C)(C)C.CC(C)(C)OC(=O)CCC(NC(=O)NC(CCCCNC(=O)n1ccnc1)C(=O)OC(C)(C)C)C(C)(C)C.O=C(O)CCCNC(=O)NC(CCCCNC(=O)Nc1ccccc1)C(=O)O.O=C=O.O=C=O.O=C=O. The van der Waals surface area contributed by atoms with Gasteiger partial charge in [-0.2, -0.15) is 28.8 Å². The standard InChI is InChI=1S/C30H50N4O6.C27H47N5O6.C18H26N4O6.2C2H6.3CO2/c1-28(2,3)23(18-19-24(35)39-29(4,5)6)34-27(38)33-22(25(36)40-30(7,8)9)17-13-14-20-31-26(37)32-21-15-11-10-12-16-21;1-25(2,3)20(13-14-21(33)37-26(4,5)6)31-23(35)30-19(22(34)38-27(7,8)9)12-10-11-15-29-24(36)32-17-16-28-18-32;23-15(24)10-6-12-20-18(28)22-14(16(25)26)9-4-5-11-19-17(27)21-13-7-2-1-3-8-13;2*1-2;3*2-1-3/h10-12,15-16,22-23H,13-14,17-20H2,1-9H3,(H2,31,32,37)(H2,33,34,38);16-20H,10-15H2,1-9H3,(H,29,36)(H2,30,31,35);1-3,7-8,14H,4-6,9-12H2,(H,23,24)(H,25,26)(H2,19,21,27)(H2,20,22,28);2*1-2H3;;;. The topological polar surface area (TPSA) is 535 Å². The predicted molar refractivity (Wildman–Crippen MR) is 441 cm³/mol. The van der Waals surface area contributed by atoms with Crippen LogP contribution in [0.5, 0.6) is 0 Å². The van der Waals surface area contributed by atoms with Crippen molar-refractivity contribution in [1.82, 2.24) is 57.4 Å². The van der Waals surface area contributed by atoms with E-state index in [1.54, 1.807) is 84.1 Å². The molecule has 672 valence electrons. The highest BCUT2D eigenvalue weighted by Crippen LogP contribution is 2.26. The van der Waals surface area contributed by atoms with Gasteiger partial charge in [0.05, 0.1) is 0 Å². The highest BCUT2D eigenvalue weighted by Gasteiger charge is 2.34. The van der Waals surface area contributed by atoms with Crippen molar-refractivity contribution >= 4 is 102 Å². The quantitative estimate of drug-likeness (QED) is 0.0148. The molecule has 0 radical (unpaired) electrons. The number of hydrogen-bond donors (Lipinski definition) is 13. The predicted octanol–water partition coefficient (Wildman–Crippen LogP) is 11.6. The largest absolute Gasteiger partial charge is 0.481 e. The number of carboxylic acid groups (broad SMARTS) is 2. The fraction of sp³-hybridized carbons (Fsp3) is 0.634. The van der Waals surface area contributed by atoms with Gasteiger partial charge in [0.1, 0.15) is 46.9 Å². The van der Waals surface area contributed by atoms with Crippen LogP contribution in [0.15, 0.2) is 79.4 Å². The number of rotatable bonds is 35. The number of unbranched alkanes of at least 4 members (excludes halogenated alkanes) is 3. The summed E-state index contributed by atoms with van der Waals surface area (Å²) in [6.07, 6.45) is 10.7. The number of ether oxygens (including phenoxy) is 4. The van der Waals surface area contributed by atoms with Crippen LogP contribution in [0.25, 0.3) is 0 Å². The van der Waals surface area contributed by atoms with E-state index in [2.05, 4.69) is 63.5 Å². The van der Waals surface area contributed by atoms with E-state index in [1.807, 2.05) is 135 Å². The van der Waals surface area contributed by atoms with Crippen LogP contribution in [-0.2, 0) is 76.5 Å². The van der Waals surface area contributed by atoms with Crippen molar-refractivity contribution in [3.63, 3.8) is 0 Å². The number of amides is 11. The van der Waals surface area contributed by atoms with Crippen molar-refractivity contribution in [2.24, 2.45) is 10.8 Å². The molecule has 37 heteroatoms. The van der Waals surface area contributed by atoms with Gasteiger partial charge in [-0.3, -0.25) is 19.0 Å². The summed E-state index contributed by atoms with van der Waals surface area (Å²) in [5.41, 5.74) is -1.91. The molecule has 119 heavy (non-hydrogen) atoms. The van der Waals surface area contributed by atoms with Crippen molar-refractivity contribution in [2.75, 3.05) is 36.8 Å². The number of aliphatic carboxylic acids is 2. The fourth-order valence-corrected chi connectivity index (χ4v) is 9.50. The third kappa shape index (κ3) is 70.4. The Kier molecular flexibility index (Phi) is 62.9. The van der Waals surface area contributed by atoms with Gasteiger partial charge in [-0.25, -0.2) is 48.1 Å². The number of anilines is 2. The number of esters is 4. The molecule has 0 aliphatic carbocycles. The van der Waals surface area contributed by atoms with E-state index in [9.17, 15) is 62.6 Å². The van der Waals surface area contributed by atoms with Crippen molar-refractivity contribution < 1.29 is 115 Å². The molecule has 0 bridgehead atoms. The molecule has 37 nitrogen and oxygen atoms in total. The monoisotopic (exact) mass is 1690 g/mol. The molecule has 0 spiro atoms. The summed E-state index contributed by atoms with van der Waals surface area (Å²) in [6, 6.07) is 12.0. The number of benzene rings is 2. The lowest BCUT2D eigenvalue weighted by molar-refractivity contribution is -0.193. The van der Waals surface area contributed by atoms with Crippen LogP contribution >= 0.6 is 0 Å². The maximum atomic E-state index is 13.0. The average molecular weight is 1690 g/mol. The van der Waals surface area contributed by atoms with Crippen LogP contribution in [0.4, 0.5) is 40.1 Å². The number of carbonyl (C=O) groups is 12. The van der Waals surface area contributed by atoms with Crippen LogP contribution in [0, 0.1) is 10.8 Å². The molecule has 13 N–H and O–H groups in total. The lowest BCUT2D eigenvalue weighted by atomic mass is 9.84. The number of urea groups is 5. The van der Waals surface area contributed by atoms with Gasteiger partial charge >= 0.3 is 90.5 Å². The first kappa shape index (κ1) is 116. The van der Waals surface area contributed by atoms with E-state index in [0.717, 1.165) is 0 Å². The summed E-state index contributed by atoms with van der Waals surface area (Å²) in [5, 5.41) is 47.5. The van der Waals surface area contributed by atoms with Gasteiger partial charge in [-0.1, -0.05) is 106 Å². The number of nitrogens with one attached hydrogen (secondary N) is 11. The number of imidazole rings is 1. The molecule has 0 aliphatic rings. The Morgan fingerprint density at radius 2 is 0.697 bits per heavy atom. The Bertz CT molecular complexity index is 3480. The first-order valence-corrected chi connectivity index (χ1v) is 39.3. The van der Waals surface area contributed by atoms with Crippen molar-refractivity contribution in [1.29, 1.82) is 0 Å². The van der Waals surface area contributed by atoms with Crippen molar-refractivity contribution in [3.05, 3.63) is 79.4 Å². The first-order valence-electron chi connectivity index (χ1n) is 39.3. The van der Waals surface area contributed by atoms with Gasteiger partial charge in [0.2, 0.25) is 0 Å². The zero-order chi connectivity index (χ0) is 92.6. The van der Waals surface area contributed by atoms with Gasteiger partial charge in [-0.15, -0.1) is 0 Å². The molecule has 5 unspecified atom stereocenters. The Morgan fingerprint density at radius 1 is 0.387 bits per heavy atom. The molecule has 1 heterocycles. The molecule has 11 amide bonds. The van der Waals surface area contributed by atoms with E-state index >= 15 is 0 Å². The zero-order valence-electron chi connectivity index (χ0n) is 73.6. The molecular weight excluding hydrogens is 1550 g/mol. The van der Waals surface area contributed by atoms with Crippen LogP contribution < -0.4 is 58.5 Å². The van der Waals surface area contributed by atoms with E-state index in [1.165, 1.54) is 17.1 Å². The number of nitrogens with zero attached hydrogens (tertiary/aromatic N) is 2. The minimum atomic E-state index is -1.16. The molecule has 5 atom stereocenters. The smallest absolute Gasteiger partial charge is 0.373 e. The average Bonchev–Trinajstić information content (AvgIpc) is 1.24. The van der Waals surface area contributed by atoms with E-state index in [0.29, 0.717) is 95.2 Å². The van der Waals surface area contributed by atoms with Crippen LogP contribution in [0.2, 0.25) is 0 Å². The van der Waals surface area contributed by atoms with E-state index in [-0.39, 0.29) is 110 Å². The van der Waals surface area contributed by atoms with E-state index < -0.39 is 82.5 Å². The highest BCUT2D eigenvalue weighted by atomic mass is 16.6. The number of hydrogen-bond acceptors (Lipinski definition) is 23. The molecular formula is C82H135N13O24. The van der Waals surface area contributed by atoms with E-state index in [4.69, 9.17) is 52.8 Å². The van der Waals surface area contributed by atoms with Crippen LogP contribution in [0.3, 0.4) is 0 Å². The molecule has 0 aliphatic heterocycles. The molecule has 1 aromatic heterocycles. The summed E-state index contributed by atoms with van der Waals surface area (Å²) in [4.78, 5) is 198. The summed E-state index contributed by atoms with van der Waals surface area (Å²) in [7, 11) is 0. The Morgan fingerprint density at radius 3 is 1.00 bits per heavy atom. The molecule has 0 saturated heterocycles. The summed E-state index contributed by atoms with van der Waals surface area (Å²) in [5.74, 6) is -3.84. The molecule has 3 rings (SSSR count). The lowest BCUT2D eigenvalue weighted by Crippen LogP contribution is -2.53. The first-order chi connectivity index (χ1) is 55.3. The maximum absolute atomic E-state index is 13.0. The van der Waals surface area contributed by atoms with Crippen molar-refractivity contribution in [2.45, 2.75) is 301 Å². The minimum Gasteiger partial charge on any atom is -0.481 e. The van der Waals surface area contributed by atoms with Gasteiger partial charge in [0.25, 0.3) is 0 Å². The maximum Gasteiger partial charge on any atom is 0.373 e. The number of carbonyl (C=O) groups excluding carboxylic acids is 16. The summed E-state index contributed by atoms with van der Waals surface area (Å²) >= 11 is 0. The number of para-hydroxylation sites is 2. The zero-order valence-corrected chi connectivity index (χ0v) is 73.6. The third-order valence-corrected chi connectivity index (χ3v) is 14.7. The minimum absolute atomic E-state index is 0.0759. The van der Waals surface area contributed by atoms with Gasteiger partial charge in [0, 0.05) is 81.3 Å². The van der Waals surface area contributed by atoms with Crippen LogP contribution in [0.1, 0.15) is 249 Å². The van der Waals surface area contributed by atoms with Gasteiger partial charge in [-0.05, 0) is 195 Å². The molecule has 0 fully saturated rings. The Labute approximate surface area is 700 Å². The molecule has 2 aromatic carbocycles. The number of aromatic nitrogens is 2. The summed E-state index contributed by atoms with van der Waals surface area (Å²) < 4.78 is 23.2.